The molecule has 2 heterocycles. The maximum absolute atomic E-state index is 5.95. The first-order valence-corrected chi connectivity index (χ1v) is 5.08. The van der Waals surface area contributed by atoms with E-state index in [0.717, 1.165) is 31.0 Å². The molecule has 1 saturated carbocycles. The Kier molecular flexibility index (Phi) is 1.50. The number of hydrogen-bond donors (Lipinski definition) is 0. The summed E-state index contributed by atoms with van der Waals surface area (Å²) in [5, 5.41) is 0. The molecule has 68 valence electrons. The van der Waals surface area contributed by atoms with Gasteiger partial charge in [-0.2, -0.15) is 0 Å². The van der Waals surface area contributed by atoms with Gasteiger partial charge in [0.05, 0.1) is 25.4 Å². The van der Waals surface area contributed by atoms with Crippen molar-refractivity contribution in [3.63, 3.8) is 0 Å². The molecule has 0 aromatic rings. The molecule has 3 aliphatic rings. The summed E-state index contributed by atoms with van der Waals surface area (Å²) in [6, 6.07) is 0. The van der Waals surface area contributed by atoms with E-state index in [1.165, 1.54) is 12.8 Å². The van der Waals surface area contributed by atoms with Crippen molar-refractivity contribution >= 4 is 0 Å². The molecule has 0 bridgehead atoms. The minimum absolute atomic E-state index is 0.451. The van der Waals surface area contributed by atoms with Crippen molar-refractivity contribution in [3.05, 3.63) is 0 Å². The van der Waals surface area contributed by atoms with Gasteiger partial charge in [0.2, 0.25) is 0 Å². The number of hydrogen-bond acceptors (Lipinski definition) is 2. The topological polar surface area (TPSA) is 18.5 Å². The fraction of sp³-hybridized carbons (Fsp3) is 1.00. The first-order valence-electron chi connectivity index (χ1n) is 5.08. The van der Waals surface area contributed by atoms with Gasteiger partial charge in [-0.05, 0) is 24.7 Å². The van der Waals surface area contributed by atoms with Gasteiger partial charge in [-0.25, -0.2) is 0 Å². The fourth-order valence-corrected chi connectivity index (χ4v) is 3.21. The Labute approximate surface area is 73.2 Å². The molecule has 2 saturated heterocycles. The minimum Gasteiger partial charge on any atom is -0.378 e. The zero-order valence-electron chi connectivity index (χ0n) is 7.53. The van der Waals surface area contributed by atoms with Crippen molar-refractivity contribution in [1.82, 2.24) is 0 Å². The number of rotatable bonds is 0. The molecule has 2 heteroatoms. The van der Waals surface area contributed by atoms with E-state index < -0.39 is 0 Å². The van der Waals surface area contributed by atoms with E-state index in [-0.39, 0.29) is 0 Å². The van der Waals surface area contributed by atoms with E-state index in [1.54, 1.807) is 0 Å². The van der Waals surface area contributed by atoms with Crippen molar-refractivity contribution in [1.29, 1.82) is 0 Å². The molecule has 3 rings (SSSR count). The third-order valence-electron chi connectivity index (χ3n) is 3.76. The van der Waals surface area contributed by atoms with Crippen LogP contribution in [0, 0.1) is 17.8 Å². The average molecular weight is 168 g/mol. The summed E-state index contributed by atoms with van der Waals surface area (Å²) < 4.78 is 11.4. The van der Waals surface area contributed by atoms with E-state index in [4.69, 9.17) is 9.47 Å². The lowest BCUT2D eigenvalue weighted by molar-refractivity contribution is 0.0133. The Bertz CT molecular complexity index is 192. The Morgan fingerprint density at radius 2 is 1.92 bits per heavy atom. The molecular formula is C10H16O2. The molecule has 5 atom stereocenters. The summed E-state index contributed by atoms with van der Waals surface area (Å²) in [6.45, 7) is 4.15. The summed E-state index contributed by atoms with van der Waals surface area (Å²) in [6.07, 6.45) is 3.69. The molecule has 2 aliphatic heterocycles. The van der Waals surface area contributed by atoms with E-state index in [9.17, 15) is 0 Å². The van der Waals surface area contributed by atoms with Gasteiger partial charge in [0, 0.05) is 5.92 Å². The minimum atomic E-state index is 0.451. The van der Waals surface area contributed by atoms with Crippen LogP contribution >= 0.6 is 0 Å². The second-order valence-corrected chi connectivity index (χ2v) is 4.65. The average Bonchev–Trinajstić information content (AvgIpc) is 2.59. The van der Waals surface area contributed by atoms with Crippen LogP contribution in [-0.4, -0.2) is 25.4 Å². The van der Waals surface area contributed by atoms with Crippen LogP contribution in [0.2, 0.25) is 0 Å². The van der Waals surface area contributed by atoms with Crippen molar-refractivity contribution < 1.29 is 9.47 Å². The standard InChI is InChI=1S/C10H16O2/c1-6-2-7-8-4-11-5-10(8)12-9(7)3-6/h6-10H,2-5H2,1H3/t6-,7-,8-,9-,10-/m1/s1. The van der Waals surface area contributed by atoms with Crippen LogP contribution in [0.5, 0.6) is 0 Å². The molecule has 0 radical (unpaired) electrons. The Balaban J connectivity index is 1.80. The van der Waals surface area contributed by atoms with Crippen molar-refractivity contribution in [3.8, 4) is 0 Å². The van der Waals surface area contributed by atoms with E-state index in [1.807, 2.05) is 0 Å². The molecule has 3 fully saturated rings. The van der Waals surface area contributed by atoms with Crippen molar-refractivity contribution in [2.24, 2.45) is 17.8 Å². The van der Waals surface area contributed by atoms with E-state index >= 15 is 0 Å². The highest BCUT2D eigenvalue weighted by Gasteiger charge is 2.50. The summed E-state index contributed by atoms with van der Waals surface area (Å²) in [5.74, 6) is 2.44. The second kappa shape index (κ2) is 2.46. The Morgan fingerprint density at radius 1 is 1.00 bits per heavy atom. The van der Waals surface area contributed by atoms with Gasteiger partial charge in [-0.15, -0.1) is 0 Å². The zero-order chi connectivity index (χ0) is 8.13. The highest BCUT2D eigenvalue weighted by Crippen LogP contribution is 2.47. The van der Waals surface area contributed by atoms with Gasteiger partial charge in [-0.1, -0.05) is 6.92 Å². The Morgan fingerprint density at radius 3 is 2.83 bits per heavy atom. The largest absolute Gasteiger partial charge is 0.378 e. The molecule has 2 nitrogen and oxygen atoms in total. The smallest absolute Gasteiger partial charge is 0.0866 e. The second-order valence-electron chi connectivity index (χ2n) is 4.65. The summed E-state index contributed by atoms with van der Waals surface area (Å²) in [4.78, 5) is 0. The number of ether oxygens (including phenoxy) is 2. The number of fused-ring (bicyclic) bond motifs is 3. The summed E-state index contributed by atoms with van der Waals surface area (Å²) in [7, 11) is 0. The highest BCUT2D eigenvalue weighted by molar-refractivity contribution is 4.97. The molecule has 0 spiro atoms. The summed E-state index contributed by atoms with van der Waals surface area (Å²) >= 11 is 0. The first kappa shape index (κ1) is 7.34. The normalized spacial score (nSPS) is 57.2. The highest BCUT2D eigenvalue weighted by atomic mass is 16.6. The first-order chi connectivity index (χ1) is 5.84. The van der Waals surface area contributed by atoms with Crippen LogP contribution in [0.3, 0.4) is 0 Å². The van der Waals surface area contributed by atoms with Crippen LogP contribution in [0.1, 0.15) is 19.8 Å². The van der Waals surface area contributed by atoms with Gasteiger partial charge < -0.3 is 9.47 Å². The molecular weight excluding hydrogens is 152 g/mol. The van der Waals surface area contributed by atoms with Gasteiger partial charge in [-0.3, -0.25) is 0 Å². The van der Waals surface area contributed by atoms with Crippen LogP contribution in [0.4, 0.5) is 0 Å². The zero-order valence-corrected chi connectivity index (χ0v) is 7.53. The molecule has 1 aliphatic carbocycles. The molecule has 0 N–H and O–H groups in total. The van der Waals surface area contributed by atoms with Gasteiger partial charge in [0.25, 0.3) is 0 Å². The molecule has 0 unspecified atom stereocenters. The lowest BCUT2D eigenvalue weighted by Crippen LogP contribution is -2.18. The van der Waals surface area contributed by atoms with Gasteiger partial charge >= 0.3 is 0 Å². The Hall–Kier alpha value is -0.0800. The van der Waals surface area contributed by atoms with Crippen LogP contribution in [0.15, 0.2) is 0 Å². The lowest BCUT2D eigenvalue weighted by Gasteiger charge is -2.12. The van der Waals surface area contributed by atoms with Crippen LogP contribution in [0.25, 0.3) is 0 Å². The van der Waals surface area contributed by atoms with Gasteiger partial charge in [0.1, 0.15) is 0 Å². The van der Waals surface area contributed by atoms with E-state index in [2.05, 4.69) is 6.92 Å². The summed E-state index contributed by atoms with van der Waals surface area (Å²) in [5.41, 5.74) is 0. The van der Waals surface area contributed by atoms with Crippen molar-refractivity contribution in [2.45, 2.75) is 32.0 Å². The molecule has 0 aromatic heterocycles. The molecule has 0 aromatic carbocycles. The van der Waals surface area contributed by atoms with Crippen LogP contribution < -0.4 is 0 Å². The predicted molar refractivity (Wildman–Crippen MR) is 44.9 cm³/mol. The third-order valence-corrected chi connectivity index (χ3v) is 3.76. The lowest BCUT2D eigenvalue weighted by atomic mass is 9.90. The SMILES string of the molecule is C[C@@H]1C[C@@H]2[C@H]3COC[C@H]3O[C@@H]2C1. The monoisotopic (exact) mass is 168 g/mol. The van der Waals surface area contributed by atoms with Gasteiger partial charge in [0.15, 0.2) is 0 Å². The predicted octanol–water partition coefficient (Wildman–Crippen LogP) is 1.45. The molecule has 0 amide bonds. The van der Waals surface area contributed by atoms with Crippen molar-refractivity contribution in [2.75, 3.05) is 13.2 Å². The maximum Gasteiger partial charge on any atom is 0.0866 e. The quantitative estimate of drug-likeness (QED) is 0.545. The molecule has 12 heavy (non-hydrogen) atoms. The third kappa shape index (κ3) is 0.882. The maximum atomic E-state index is 5.95. The fourth-order valence-electron chi connectivity index (χ4n) is 3.21. The van der Waals surface area contributed by atoms with E-state index in [0.29, 0.717) is 12.2 Å². The van der Waals surface area contributed by atoms with Crippen LogP contribution in [-0.2, 0) is 9.47 Å².